The second-order valence-electron chi connectivity index (χ2n) is 12.9. The summed E-state index contributed by atoms with van der Waals surface area (Å²) in [5, 5.41) is 2.87. The monoisotopic (exact) mass is 510 g/mol. The van der Waals surface area contributed by atoms with Gasteiger partial charge in [0, 0.05) is 10.8 Å². The van der Waals surface area contributed by atoms with E-state index in [1.807, 2.05) is 0 Å². The van der Waals surface area contributed by atoms with Crippen LogP contribution >= 0.6 is 0 Å². The van der Waals surface area contributed by atoms with Crippen molar-refractivity contribution in [3.05, 3.63) is 131 Å². The van der Waals surface area contributed by atoms with Gasteiger partial charge in [0.2, 0.25) is 0 Å². The van der Waals surface area contributed by atoms with Gasteiger partial charge in [-0.15, -0.1) is 0 Å². The molecule has 9 rings (SSSR count). The maximum atomic E-state index is 2.47. The average molecular weight is 511 g/mol. The zero-order valence-corrected chi connectivity index (χ0v) is 23.4. The molecule has 0 unspecified atom stereocenters. The molecule has 0 atom stereocenters. The molecular formula is C40H30. The van der Waals surface area contributed by atoms with Gasteiger partial charge in [0.15, 0.2) is 0 Å². The molecule has 0 nitrogen and oxygen atoms in total. The van der Waals surface area contributed by atoms with E-state index in [1.54, 1.807) is 0 Å². The van der Waals surface area contributed by atoms with Crippen LogP contribution < -0.4 is 0 Å². The van der Waals surface area contributed by atoms with Gasteiger partial charge in [-0.2, -0.15) is 0 Å². The molecule has 6 aromatic carbocycles. The van der Waals surface area contributed by atoms with Crippen molar-refractivity contribution in [1.82, 2.24) is 0 Å². The third-order valence-electron chi connectivity index (χ3n) is 10.2. The molecule has 3 aliphatic carbocycles. The molecule has 40 heavy (non-hydrogen) atoms. The minimum Gasteiger partial charge on any atom is -0.0619 e. The van der Waals surface area contributed by atoms with Gasteiger partial charge >= 0.3 is 0 Å². The summed E-state index contributed by atoms with van der Waals surface area (Å²) in [5.74, 6) is 0. The van der Waals surface area contributed by atoms with Crippen LogP contribution in [-0.2, 0) is 10.8 Å². The zero-order valence-electron chi connectivity index (χ0n) is 23.4. The van der Waals surface area contributed by atoms with E-state index >= 15 is 0 Å². The van der Waals surface area contributed by atoms with E-state index in [4.69, 9.17) is 0 Å². The van der Waals surface area contributed by atoms with E-state index in [0.717, 1.165) is 0 Å². The van der Waals surface area contributed by atoms with Gasteiger partial charge in [-0.3, -0.25) is 0 Å². The van der Waals surface area contributed by atoms with E-state index in [-0.39, 0.29) is 10.8 Å². The van der Waals surface area contributed by atoms with Crippen LogP contribution in [0.25, 0.3) is 66.4 Å². The Balaban J connectivity index is 1.24. The second-order valence-corrected chi connectivity index (χ2v) is 12.9. The summed E-state index contributed by atoms with van der Waals surface area (Å²) < 4.78 is 0. The average Bonchev–Trinajstić information content (AvgIpc) is 3.43. The Morgan fingerprint density at radius 3 is 1.38 bits per heavy atom. The third kappa shape index (κ3) is 2.58. The molecule has 0 spiro atoms. The molecule has 0 amide bonds. The highest BCUT2D eigenvalue weighted by atomic mass is 14.4. The maximum absolute atomic E-state index is 2.47. The first kappa shape index (κ1) is 22.4. The Morgan fingerprint density at radius 1 is 0.325 bits per heavy atom. The SMILES string of the molecule is CC1(C)c2ccccc2-c2ccc(-c3ccc4c(c3)C(C)(C)c3ccc5c6c(ccc-4c36)-c3ccccc3-5)cc21. The molecule has 0 fully saturated rings. The highest BCUT2D eigenvalue weighted by molar-refractivity contribution is 6.20. The molecule has 0 N–H and O–H groups in total. The van der Waals surface area contributed by atoms with Crippen LogP contribution in [0.5, 0.6) is 0 Å². The molecular weight excluding hydrogens is 480 g/mol. The number of hydrogen-bond donors (Lipinski definition) is 0. The fraction of sp³-hybridized carbons (Fsp3) is 0.150. The van der Waals surface area contributed by atoms with Crippen LogP contribution in [-0.4, -0.2) is 0 Å². The van der Waals surface area contributed by atoms with Crippen LogP contribution in [0.2, 0.25) is 0 Å². The van der Waals surface area contributed by atoms with E-state index in [9.17, 15) is 0 Å². The summed E-state index contributed by atoms with van der Waals surface area (Å²) >= 11 is 0. The van der Waals surface area contributed by atoms with Crippen molar-refractivity contribution in [2.45, 2.75) is 38.5 Å². The van der Waals surface area contributed by atoms with Crippen molar-refractivity contribution in [1.29, 1.82) is 0 Å². The molecule has 190 valence electrons. The molecule has 0 heterocycles. The van der Waals surface area contributed by atoms with Gasteiger partial charge in [0.05, 0.1) is 0 Å². The van der Waals surface area contributed by atoms with Crippen LogP contribution in [0.3, 0.4) is 0 Å². The molecule has 3 aliphatic rings. The largest absolute Gasteiger partial charge is 0.0619 e. The van der Waals surface area contributed by atoms with Crippen molar-refractivity contribution >= 4 is 10.8 Å². The first-order valence-corrected chi connectivity index (χ1v) is 14.5. The van der Waals surface area contributed by atoms with Gasteiger partial charge < -0.3 is 0 Å². The molecule has 6 aromatic rings. The summed E-state index contributed by atoms with van der Waals surface area (Å²) in [7, 11) is 0. The topological polar surface area (TPSA) is 0 Å². The number of rotatable bonds is 1. The van der Waals surface area contributed by atoms with Crippen molar-refractivity contribution in [2.24, 2.45) is 0 Å². The minimum absolute atomic E-state index is 0.00324. The number of hydrogen-bond acceptors (Lipinski definition) is 0. The standard InChI is InChI=1S/C40H30/c1-39(2)33-12-8-7-11-27(33)28-15-13-23(21-35(28)39)24-14-16-29-32-18-17-30-25-9-5-6-10-26(25)31-19-20-34(38(32)37(30)31)40(3,4)36(29)22-24/h5-22H,1-4H3. The predicted molar refractivity (Wildman–Crippen MR) is 169 cm³/mol. The lowest BCUT2D eigenvalue weighted by Crippen LogP contribution is -2.23. The van der Waals surface area contributed by atoms with Gasteiger partial charge in [-0.25, -0.2) is 0 Å². The fourth-order valence-corrected chi connectivity index (χ4v) is 8.15. The molecule has 0 aliphatic heterocycles. The van der Waals surface area contributed by atoms with E-state index in [2.05, 4.69) is 137 Å². The van der Waals surface area contributed by atoms with Crippen LogP contribution in [0, 0.1) is 0 Å². The molecule has 0 saturated heterocycles. The van der Waals surface area contributed by atoms with Crippen molar-refractivity contribution < 1.29 is 0 Å². The minimum atomic E-state index is -0.101. The summed E-state index contributed by atoms with van der Waals surface area (Å²) in [6.07, 6.45) is 0. The lowest BCUT2D eigenvalue weighted by Gasteiger charge is -2.36. The van der Waals surface area contributed by atoms with E-state index < -0.39 is 0 Å². The smallest absolute Gasteiger partial charge is 0.0159 e. The summed E-state index contributed by atoms with van der Waals surface area (Å²) in [6, 6.07) is 41.6. The Bertz CT molecular complexity index is 2070. The van der Waals surface area contributed by atoms with Crippen LogP contribution in [0.4, 0.5) is 0 Å². The normalized spacial score (nSPS) is 15.9. The predicted octanol–water partition coefficient (Wildman–Crippen LogP) is 10.8. The van der Waals surface area contributed by atoms with Crippen molar-refractivity contribution in [3.8, 4) is 55.6 Å². The summed E-state index contributed by atoms with van der Waals surface area (Å²) in [4.78, 5) is 0. The van der Waals surface area contributed by atoms with Gasteiger partial charge in [-0.05, 0) is 101 Å². The highest BCUT2D eigenvalue weighted by Crippen LogP contribution is 2.56. The molecule has 0 radical (unpaired) electrons. The highest BCUT2D eigenvalue weighted by Gasteiger charge is 2.37. The lowest BCUT2D eigenvalue weighted by molar-refractivity contribution is 0.645. The Kier molecular flexibility index (Phi) is 4.03. The Hall–Kier alpha value is -4.42. The van der Waals surface area contributed by atoms with Gasteiger partial charge in [0.25, 0.3) is 0 Å². The van der Waals surface area contributed by atoms with Crippen molar-refractivity contribution in [2.75, 3.05) is 0 Å². The molecule has 0 saturated carbocycles. The quantitative estimate of drug-likeness (QED) is 0.206. The number of benzene rings is 6. The third-order valence-corrected chi connectivity index (χ3v) is 10.2. The first-order chi connectivity index (χ1) is 19.4. The van der Waals surface area contributed by atoms with E-state index in [1.165, 1.54) is 88.7 Å². The summed E-state index contributed by atoms with van der Waals surface area (Å²) in [5.41, 5.74) is 19.2. The Labute approximate surface area is 236 Å². The molecule has 0 aromatic heterocycles. The zero-order chi connectivity index (χ0) is 27.0. The summed E-state index contributed by atoms with van der Waals surface area (Å²) in [6.45, 7) is 9.55. The maximum Gasteiger partial charge on any atom is 0.0159 e. The first-order valence-electron chi connectivity index (χ1n) is 14.5. The number of fused-ring (bicyclic) bond motifs is 8. The van der Waals surface area contributed by atoms with Gasteiger partial charge in [0.1, 0.15) is 0 Å². The molecule has 0 heteroatoms. The second kappa shape index (κ2) is 7.20. The van der Waals surface area contributed by atoms with Crippen LogP contribution in [0.15, 0.2) is 109 Å². The van der Waals surface area contributed by atoms with E-state index in [0.29, 0.717) is 0 Å². The van der Waals surface area contributed by atoms with Crippen LogP contribution in [0.1, 0.15) is 49.9 Å². The van der Waals surface area contributed by atoms with Crippen molar-refractivity contribution in [3.63, 3.8) is 0 Å². The fourth-order valence-electron chi connectivity index (χ4n) is 8.15. The molecule has 0 bridgehead atoms. The Morgan fingerprint density at radius 2 is 0.750 bits per heavy atom. The van der Waals surface area contributed by atoms with Gasteiger partial charge in [-0.1, -0.05) is 125 Å². The lowest BCUT2D eigenvalue weighted by atomic mass is 9.67.